The summed E-state index contributed by atoms with van der Waals surface area (Å²) in [5.74, 6) is -0.119. The van der Waals surface area contributed by atoms with E-state index in [0.29, 0.717) is 4.47 Å². The summed E-state index contributed by atoms with van der Waals surface area (Å²) in [6.07, 6.45) is 7.23. The summed E-state index contributed by atoms with van der Waals surface area (Å²) in [6, 6.07) is 1.65. The highest BCUT2D eigenvalue weighted by molar-refractivity contribution is 14.1. The Morgan fingerprint density at radius 2 is 1.94 bits per heavy atom. The summed E-state index contributed by atoms with van der Waals surface area (Å²) in [5.41, 5.74) is 5.50. The zero-order chi connectivity index (χ0) is 12.0. The Morgan fingerprint density at radius 3 is 2.76 bits per heavy atom. The predicted octanol–water partition coefficient (Wildman–Crippen LogP) is 5.47. The van der Waals surface area contributed by atoms with Gasteiger partial charge in [0.1, 0.15) is 5.82 Å². The smallest absolute Gasteiger partial charge is 0.139 e. The van der Waals surface area contributed by atoms with E-state index in [2.05, 4.69) is 38.5 Å². The highest BCUT2D eigenvalue weighted by atomic mass is 127. The summed E-state index contributed by atoms with van der Waals surface area (Å²) < 4.78 is 15.6. The van der Waals surface area contributed by atoms with Crippen LogP contribution in [0.15, 0.2) is 16.1 Å². The van der Waals surface area contributed by atoms with Gasteiger partial charge in [0.15, 0.2) is 0 Å². The Hall–Kier alpha value is 0.1000. The number of hydrogen-bond donors (Lipinski definition) is 0. The third-order valence-corrected chi connectivity index (χ3v) is 5.53. The van der Waals surface area contributed by atoms with Crippen LogP contribution >= 0.6 is 38.5 Å². The average molecular weight is 407 g/mol. The van der Waals surface area contributed by atoms with Crippen molar-refractivity contribution in [3.05, 3.63) is 36.6 Å². The van der Waals surface area contributed by atoms with Crippen molar-refractivity contribution in [2.24, 2.45) is 0 Å². The fourth-order valence-corrected chi connectivity index (χ4v) is 4.30. The van der Waals surface area contributed by atoms with Gasteiger partial charge in [0.2, 0.25) is 0 Å². The predicted molar refractivity (Wildman–Crippen MR) is 80.5 cm³/mol. The van der Waals surface area contributed by atoms with Crippen LogP contribution < -0.4 is 0 Å². The van der Waals surface area contributed by atoms with E-state index in [9.17, 15) is 4.39 Å². The van der Waals surface area contributed by atoms with Crippen LogP contribution in [-0.2, 0) is 6.42 Å². The van der Waals surface area contributed by atoms with Gasteiger partial charge in [-0.1, -0.05) is 12.0 Å². The second-order valence-corrected chi connectivity index (χ2v) is 6.78. The summed E-state index contributed by atoms with van der Waals surface area (Å²) in [5, 5.41) is 0. The first-order valence-electron chi connectivity index (χ1n) is 6.06. The number of benzene rings is 1. The van der Waals surface area contributed by atoms with Crippen LogP contribution in [0.3, 0.4) is 0 Å². The molecule has 0 unspecified atom stereocenters. The third-order valence-electron chi connectivity index (χ3n) is 3.80. The standard InChI is InChI=1S/C14H13BrFI/c15-14-11(16)7-12(17)10-6-8-4-2-1-3-5-9(8)13(10)14/h7H,1-6H2. The lowest BCUT2D eigenvalue weighted by Crippen LogP contribution is -1.95. The molecule has 0 fully saturated rings. The number of hydrogen-bond acceptors (Lipinski definition) is 0. The minimum atomic E-state index is -0.119. The minimum Gasteiger partial charge on any atom is -0.206 e. The van der Waals surface area contributed by atoms with Crippen molar-refractivity contribution in [3.63, 3.8) is 0 Å². The molecule has 3 heteroatoms. The van der Waals surface area contributed by atoms with E-state index < -0.39 is 0 Å². The Morgan fingerprint density at radius 1 is 1.18 bits per heavy atom. The summed E-state index contributed by atoms with van der Waals surface area (Å²) in [4.78, 5) is 0. The molecule has 2 aliphatic carbocycles. The molecule has 17 heavy (non-hydrogen) atoms. The monoisotopic (exact) mass is 406 g/mol. The summed E-state index contributed by atoms with van der Waals surface area (Å²) in [7, 11) is 0. The van der Waals surface area contributed by atoms with E-state index in [1.165, 1.54) is 42.4 Å². The van der Waals surface area contributed by atoms with Crippen molar-refractivity contribution in [1.82, 2.24) is 0 Å². The molecule has 1 aromatic rings. The molecular formula is C14H13BrFI. The van der Waals surface area contributed by atoms with Gasteiger partial charge in [-0.15, -0.1) is 0 Å². The van der Waals surface area contributed by atoms with Gasteiger partial charge in [0.25, 0.3) is 0 Å². The first-order chi connectivity index (χ1) is 8.18. The third kappa shape index (κ3) is 1.99. The first kappa shape index (κ1) is 12.2. The molecule has 0 spiro atoms. The lowest BCUT2D eigenvalue weighted by atomic mass is 10.0. The van der Waals surface area contributed by atoms with Gasteiger partial charge in [-0.3, -0.25) is 0 Å². The van der Waals surface area contributed by atoms with E-state index >= 15 is 0 Å². The molecule has 0 aliphatic heterocycles. The number of rotatable bonds is 0. The molecule has 0 atom stereocenters. The van der Waals surface area contributed by atoms with E-state index in [-0.39, 0.29) is 5.82 Å². The van der Waals surface area contributed by atoms with E-state index in [4.69, 9.17) is 0 Å². The fraction of sp³-hybridized carbons (Fsp3) is 0.429. The topological polar surface area (TPSA) is 0 Å². The highest BCUT2D eigenvalue weighted by Gasteiger charge is 2.28. The maximum atomic E-state index is 13.8. The van der Waals surface area contributed by atoms with Crippen LogP contribution in [0.2, 0.25) is 0 Å². The second kappa shape index (κ2) is 4.65. The van der Waals surface area contributed by atoms with Gasteiger partial charge >= 0.3 is 0 Å². The SMILES string of the molecule is Fc1cc(I)c2c(c1Br)C1=C(CCCCC1)C2. The molecular weight excluding hydrogens is 394 g/mol. The molecule has 0 amide bonds. The Balaban J connectivity index is 2.18. The molecule has 0 heterocycles. The van der Waals surface area contributed by atoms with Crippen molar-refractivity contribution in [2.45, 2.75) is 38.5 Å². The molecule has 0 nitrogen and oxygen atoms in total. The van der Waals surface area contributed by atoms with Gasteiger partial charge in [-0.25, -0.2) is 4.39 Å². The average Bonchev–Trinajstić information content (AvgIpc) is 2.51. The number of allylic oxidation sites excluding steroid dienone is 2. The Labute approximate surface area is 123 Å². The van der Waals surface area contributed by atoms with Crippen molar-refractivity contribution in [2.75, 3.05) is 0 Å². The highest BCUT2D eigenvalue weighted by Crippen LogP contribution is 2.45. The molecule has 0 N–H and O–H groups in total. The van der Waals surface area contributed by atoms with Crippen LogP contribution in [-0.4, -0.2) is 0 Å². The van der Waals surface area contributed by atoms with Crippen molar-refractivity contribution in [1.29, 1.82) is 0 Å². The van der Waals surface area contributed by atoms with E-state index in [0.717, 1.165) is 16.4 Å². The van der Waals surface area contributed by atoms with Gasteiger partial charge in [-0.05, 0) is 93.4 Å². The van der Waals surface area contributed by atoms with Crippen molar-refractivity contribution < 1.29 is 4.39 Å². The van der Waals surface area contributed by atoms with Crippen molar-refractivity contribution >= 4 is 44.1 Å². The van der Waals surface area contributed by atoms with Crippen LogP contribution in [0, 0.1) is 9.39 Å². The molecule has 1 aromatic carbocycles. The van der Waals surface area contributed by atoms with Gasteiger partial charge < -0.3 is 0 Å². The van der Waals surface area contributed by atoms with Crippen LogP contribution in [0.25, 0.3) is 5.57 Å². The summed E-state index contributed by atoms with van der Waals surface area (Å²) in [6.45, 7) is 0. The number of fused-ring (bicyclic) bond motifs is 2. The normalized spacial score (nSPS) is 19.0. The zero-order valence-electron chi connectivity index (χ0n) is 9.45. The molecule has 0 saturated carbocycles. The molecule has 0 bridgehead atoms. The lowest BCUT2D eigenvalue weighted by molar-refractivity contribution is 0.618. The van der Waals surface area contributed by atoms with Crippen LogP contribution in [0.1, 0.15) is 43.2 Å². The van der Waals surface area contributed by atoms with Crippen LogP contribution in [0.5, 0.6) is 0 Å². The summed E-state index contributed by atoms with van der Waals surface area (Å²) >= 11 is 5.70. The largest absolute Gasteiger partial charge is 0.206 e. The second-order valence-electron chi connectivity index (χ2n) is 4.83. The minimum absolute atomic E-state index is 0.119. The molecule has 90 valence electrons. The van der Waals surface area contributed by atoms with Crippen LogP contribution in [0.4, 0.5) is 4.39 Å². The lowest BCUT2D eigenvalue weighted by Gasteiger charge is -2.10. The molecule has 3 rings (SSSR count). The number of halogens is 3. The first-order valence-corrected chi connectivity index (χ1v) is 7.93. The quantitative estimate of drug-likeness (QED) is 0.396. The molecule has 2 aliphatic rings. The van der Waals surface area contributed by atoms with Gasteiger partial charge in [0.05, 0.1) is 4.47 Å². The van der Waals surface area contributed by atoms with E-state index in [1.54, 1.807) is 11.6 Å². The molecule has 0 radical (unpaired) electrons. The Kier molecular flexibility index (Phi) is 3.32. The fourth-order valence-electron chi connectivity index (χ4n) is 2.98. The van der Waals surface area contributed by atoms with E-state index in [1.807, 2.05) is 0 Å². The van der Waals surface area contributed by atoms with Gasteiger partial charge in [-0.2, -0.15) is 0 Å². The zero-order valence-corrected chi connectivity index (χ0v) is 13.2. The molecule has 0 saturated heterocycles. The maximum Gasteiger partial charge on any atom is 0.139 e. The Bertz CT molecular complexity index is 519. The van der Waals surface area contributed by atoms with Gasteiger partial charge in [0, 0.05) is 3.57 Å². The van der Waals surface area contributed by atoms with Crippen molar-refractivity contribution in [3.8, 4) is 0 Å². The molecule has 0 aromatic heterocycles. The maximum absolute atomic E-state index is 13.8.